The molecule has 152 valence electrons. The molecule has 7 heteroatoms. The van der Waals surface area contributed by atoms with E-state index in [1.165, 1.54) is 7.11 Å². The molecule has 2 rings (SSSR count). The van der Waals surface area contributed by atoms with Gasteiger partial charge in [0.2, 0.25) is 5.91 Å². The van der Waals surface area contributed by atoms with Gasteiger partial charge in [0.05, 0.1) is 7.11 Å². The third kappa shape index (κ3) is 4.45. The lowest BCUT2D eigenvalue weighted by molar-refractivity contribution is -0.153. The van der Waals surface area contributed by atoms with Crippen molar-refractivity contribution in [2.75, 3.05) is 13.7 Å². The molecule has 1 aliphatic carbocycles. The van der Waals surface area contributed by atoms with E-state index in [9.17, 15) is 14.4 Å². The van der Waals surface area contributed by atoms with Gasteiger partial charge in [0, 0.05) is 12.5 Å². The van der Waals surface area contributed by atoms with Crippen molar-refractivity contribution in [2.24, 2.45) is 17.3 Å². The SMILES string of the molecule is C=CCC[C@H](NC(=O)OC(C)(C)C)C(=O)N1C[C@H]2[C@@H]([C@H]1C(=O)OC)C2(C)C. The smallest absolute Gasteiger partial charge is 0.408 e. The van der Waals surface area contributed by atoms with E-state index < -0.39 is 29.7 Å². The number of hydrogen-bond donors (Lipinski definition) is 1. The summed E-state index contributed by atoms with van der Waals surface area (Å²) in [6, 6.07) is -1.38. The normalized spacial score (nSPS) is 26.6. The molecule has 1 saturated heterocycles. The molecule has 7 nitrogen and oxygen atoms in total. The molecule has 0 unspecified atom stereocenters. The fourth-order valence-corrected chi connectivity index (χ4v) is 4.10. The Labute approximate surface area is 161 Å². The van der Waals surface area contributed by atoms with E-state index in [0.29, 0.717) is 19.4 Å². The first-order chi connectivity index (χ1) is 12.4. The predicted molar refractivity (Wildman–Crippen MR) is 101 cm³/mol. The van der Waals surface area contributed by atoms with Crippen LogP contribution in [-0.4, -0.2) is 54.2 Å². The molecule has 0 bridgehead atoms. The van der Waals surface area contributed by atoms with Gasteiger partial charge in [0.25, 0.3) is 0 Å². The number of hydrogen-bond acceptors (Lipinski definition) is 5. The maximum atomic E-state index is 13.2. The first-order valence-corrected chi connectivity index (χ1v) is 9.42. The van der Waals surface area contributed by atoms with Crippen molar-refractivity contribution in [3.8, 4) is 0 Å². The van der Waals surface area contributed by atoms with Crippen molar-refractivity contribution in [3.63, 3.8) is 0 Å². The van der Waals surface area contributed by atoms with Gasteiger partial charge in [-0.3, -0.25) is 4.79 Å². The predicted octanol–water partition coefficient (Wildman–Crippen LogP) is 2.50. The van der Waals surface area contributed by atoms with Crippen LogP contribution in [0, 0.1) is 17.3 Å². The van der Waals surface area contributed by atoms with Gasteiger partial charge in [0.1, 0.15) is 17.7 Å². The van der Waals surface area contributed by atoms with Crippen LogP contribution in [0.5, 0.6) is 0 Å². The molecule has 0 aromatic carbocycles. The lowest BCUT2D eigenvalue weighted by atomic mass is 9.99. The first-order valence-electron chi connectivity index (χ1n) is 9.42. The van der Waals surface area contributed by atoms with E-state index in [4.69, 9.17) is 9.47 Å². The molecule has 2 fully saturated rings. The molecule has 1 heterocycles. The second kappa shape index (κ2) is 7.52. The van der Waals surface area contributed by atoms with Gasteiger partial charge in [-0.2, -0.15) is 0 Å². The van der Waals surface area contributed by atoms with E-state index in [1.807, 2.05) is 0 Å². The minimum Gasteiger partial charge on any atom is -0.467 e. The molecule has 27 heavy (non-hydrogen) atoms. The van der Waals surface area contributed by atoms with Crippen LogP contribution in [0.3, 0.4) is 0 Å². The summed E-state index contributed by atoms with van der Waals surface area (Å²) in [6.07, 6.45) is 2.00. The van der Waals surface area contributed by atoms with E-state index in [0.717, 1.165) is 0 Å². The summed E-state index contributed by atoms with van der Waals surface area (Å²) in [5.74, 6) is -0.315. The molecule has 2 aliphatic rings. The summed E-state index contributed by atoms with van der Waals surface area (Å²) >= 11 is 0. The zero-order valence-corrected chi connectivity index (χ0v) is 17.2. The molecule has 4 atom stereocenters. The number of fused-ring (bicyclic) bond motifs is 1. The highest BCUT2D eigenvalue weighted by atomic mass is 16.6. The van der Waals surface area contributed by atoms with Gasteiger partial charge >= 0.3 is 12.1 Å². The summed E-state index contributed by atoms with van der Waals surface area (Å²) in [5, 5.41) is 2.66. The number of esters is 1. The minimum absolute atomic E-state index is 0.0187. The van der Waals surface area contributed by atoms with Crippen molar-refractivity contribution in [1.29, 1.82) is 0 Å². The van der Waals surface area contributed by atoms with Crippen molar-refractivity contribution >= 4 is 18.0 Å². The number of carbonyl (C=O) groups is 3. The van der Waals surface area contributed by atoms with Crippen molar-refractivity contribution < 1.29 is 23.9 Å². The highest BCUT2D eigenvalue weighted by Gasteiger charge is 2.70. The summed E-state index contributed by atoms with van der Waals surface area (Å²) in [5.41, 5.74) is -0.644. The third-order valence-corrected chi connectivity index (χ3v) is 5.58. The Kier molecular flexibility index (Phi) is 5.92. The average molecular weight is 380 g/mol. The van der Waals surface area contributed by atoms with Crippen LogP contribution in [0.2, 0.25) is 0 Å². The summed E-state index contributed by atoms with van der Waals surface area (Å²) in [4.78, 5) is 39.3. The van der Waals surface area contributed by atoms with E-state index in [1.54, 1.807) is 31.7 Å². The van der Waals surface area contributed by atoms with Gasteiger partial charge in [0.15, 0.2) is 0 Å². The number of alkyl carbamates (subject to hydrolysis) is 1. The third-order valence-electron chi connectivity index (χ3n) is 5.58. The van der Waals surface area contributed by atoms with Crippen LogP contribution in [0.25, 0.3) is 0 Å². The first kappa shape index (κ1) is 21.3. The number of nitrogens with zero attached hydrogens (tertiary/aromatic N) is 1. The van der Waals surface area contributed by atoms with Crippen LogP contribution in [0.15, 0.2) is 12.7 Å². The molecule has 0 aromatic heterocycles. The number of allylic oxidation sites excluding steroid dienone is 1. The zero-order chi connectivity index (χ0) is 20.6. The number of nitrogens with one attached hydrogen (secondary N) is 1. The molecule has 0 radical (unpaired) electrons. The maximum absolute atomic E-state index is 13.2. The molecular formula is C20H32N2O5. The van der Waals surface area contributed by atoms with Gasteiger partial charge in [-0.05, 0) is 44.9 Å². The molecule has 1 saturated carbocycles. The quantitative estimate of drug-likeness (QED) is 0.565. The van der Waals surface area contributed by atoms with Crippen LogP contribution in [0.1, 0.15) is 47.5 Å². The van der Waals surface area contributed by atoms with Gasteiger partial charge in [-0.1, -0.05) is 19.9 Å². The van der Waals surface area contributed by atoms with Crippen molar-refractivity contribution in [3.05, 3.63) is 12.7 Å². The highest BCUT2D eigenvalue weighted by molar-refractivity contribution is 5.91. The Bertz CT molecular complexity index is 622. The second-order valence-electron chi connectivity index (χ2n) is 8.98. The van der Waals surface area contributed by atoms with Crippen LogP contribution in [-0.2, 0) is 19.1 Å². The van der Waals surface area contributed by atoms with Gasteiger partial charge in [-0.25, -0.2) is 9.59 Å². The second-order valence-corrected chi connectivity index (χ2v) is 8.98. The number of piperidine rings is 1. The fourth-order valence-electron chi connectivity index (χ4n) is 4.10. The van der Waals surface area contributed by atoms with Crippen LogP contribution >= 0.6 is 0 Å². The summed E-state index contributed by atoms with van der Waals surface area (Å²) in [6.45, 7) is 13.7. The van der Waals surface area contributed by atoms with E-state index in [2.05, 4.69) is 25.7 Å². The minimum atomic E-state index is -0.773. The van der Waals surface area contributed by atoms with Crippen molar-refractivity contribution in [1.82, 2.24) is 10.2 Å². The molecule has 2 amide bonds. The number of rotatable bonds is 6. The maximum Gasteiger partial charge on any atom is 0.408 e. The summed E-state index contributed by atoms with van der Waals surface area (Å²) < 4.78 is 10.2. The summed E-state index contributed by atoms with van der Waals surface area (Å²) in [7, 11) is 1.34. The highest BCUT2D eigenvalue weighted by Crippen LogP contribution is 2.65. The zero-order valence-electron chi connectivity index (χ0n) is 17.2. The number of ether oxygens (including phenoxy) is 2. The Hall–Kier alpha value is -2.05. The number of likely N-dealkylation sites (tertiary alicyclic amines) is 1. The number of methoxy groups -OCH3 is 1. The molecule has 0 spiro atoms. The Morgan fingerprint density at radius 1 is 1.33 bits per heavy atom. The largest absolute Gasteiger partial charge is 0.467 e. The topological polar surface area (TPSA) is 84.9 Å². The van der Waals surface area contributed by atoms with E-state index >= 15 is 0 Å². The lowest BCUT2D eigenvalue weighted by Crippen LogP contribution is -2.54. The lowest BCUT2D eigenvalue weighted by Gasteiger charge is -2.32. The van der Waals surface area contributed by atoms with E-state index in [-0.39, 0.29) is 23.2 Å². The Morgan fingerprint density at radius 3 is 2.48 bits per heavy atom. The standard InChI is InChI=1S/C20H32N2O5/c1-8-9-10-13(21-18(25)27-19(2,3)4)16(23)22-11-12-14(20(12,5)6)15(22)17(24)26-7/h8,12-15H,1,9-11H2,2-7H3,(H,21,25)/t12-,13-,14-,15-/m0/s1. The monoisotopic (exact) mass is 380 g/mol. The average Bonchev–Trinajstić information content (AvgIpc) is 2.93. The Balaban J connectivity index is 2.15. The van der Waals surface area contributed by atoms with Crippen LogP contribution in [0.4, 0.5) is 4.79 Å². The number of carbonyl (C=O) groups excluding carboxylic acids is 3. The fraction of sp³-hybridized carbons (Fsp3) is 0.750. The van der Waals surface area contributed by atoms with Crippen molar-refractivity contribution in [2.45, 2.75) is 65.1 Å². The Morgan fingerprint density at radius 2 is 1.96 bits per heavy atom. The molecule has 0 aromatic rings. The van der Waals surface area contributed by atoms with Crippen LogP contribution < -0.4 is 5.32 Å². The number of amides is 2. The molecule has 1 N–H and O–H groups in total. The molecule has 1 aliphatic heterocycles. The van der Waals surface area contributed by atoms with Gasteiger partial charge < -0.3 is 19.7 Å². The van der Waals surface area contributed by atoms with Gasteiger partial charge in [-0.15, -0.1) is 6.58 Å². The molecular weight excluding hydrogens is 348 g/mol.